The SMILES string of the molecule is CS(=O)(=O)CCS(=O)(=O)NC1CNCCC1c1ccc(F)c(F)c1. The molecular formula is C14H20F2N2O4S2. The first-order valence-electron chi connectivity index (χ1n) is 7.41. The molecule has 6 nitrogen and oxygen atoms in total. The summed E-state index contributed by atoms with van der Waals surface area (Å²) < 4.78 is 75.5. The number of nitrogens with one attached hydrogen (secondary N) is 2. The van der Waals surface area contributed by atoms with E-state index in [9.17, 15) is 25.6 Å². The van der Waals surface area contributed by atoms with Gasteiger partial charge in [-0.3, -0.25) is 0 Å². The zero-order valence-corrected chi connectivity index (χ0v) is 14.8. The second-order valence-electron chi connectivity index (χ2n) is 5.95. The van der Waals surface area contributed by atoms with Gasteiger partial charge >= 0.3 is 0 Å². The zero-order chi connectivity index (χ0) is 18.0. The van der Waals surface area contributed by atoms with Crippen LogP contribution in [-0.2, 0) is 19.9 Å². The quantitative estimate of drug-likeness (QED) is 0.742. The van der Waals surface area contributed by atoms with Gasteiger partial charge in [0, 0.05) is 24.8 Å². The molecule has 0 bridgehead atoms. The van der Waals surface area contributed by atoms with E-state index in [1.807, 2.05) is 0 Å². The molecule has 2 N–H and O–H groups in total. The van der Waals surface area contributed by atoms with Gasteiger partial charge < -0.3 is 5.32 Å². The molecule has 1 heterocycles. The van der Waals surface area contributed by atoms with Gasteiger partial charge in [0.15, 0.2) is 11.6 Å². The number of benzene rings is 1. The van der Waals surface area contributed by atoms with E-state index in [-0.39, 0.29) is 5.92 Å². The molecule has 1 saturated heterocycles. The van der Waals surface area contributed by atoms with Crippen LogP contribution in [-0.4, -0.2) is 53.7 Å². The van der Waals surface area contributed by atoms with E-state index in [2.05, 4.69) is 10.0 Å². The van der Waals surface area contributed by atoms with E-state index in [0.717, 1.165) is 18.4 Å². The highest BCUT2D eigenvalue weighted by molar-refractivity contribution is 7.93. The van der Waals surface area contributed by atoms with E-state index < -0.39 is 49.0 Å². The van der Waals surface area contributed by atoms with Gasteiger partial charge in [-0.25, -0.2) is 30.3 Å². The van der Waals surface area contributed by atoms with E-state index in [1.54, 1.807) is 0 Å². The molecule has 136 valence electrons. The first-order chi connectivity index (χ1) is 11.1. The van der Waals surface area contributed by atoms with Crippen LogP contribution in [0.2, 0.25) is 0 Å². The van der Waals surface area contributed by atoms with E-state index in [1.165, 1.54) is 6.07 Å². The monoisotopic (exact) mass is 382 g/mol. The molecule has 0 saturated carbocycles. The smallest absolute Gasteiger partial charge is 0.212 e. The Balaban J connectivity index is 2.15. The number of rotatable bonds is 6. The maximum absolute atomic E-state index is 13.5. The molecule has 0 spiro atoms. The average Bonchev–Trinajstić information content (AvgIpc) is 2.48. The fourth-order valence-corrected chi connectivity index (χ4v) is 5.59. The molecular weight excluding hydrogens is 362 g/mol. The lowest BCUT2D eigenvalue weighted by atomic mass is 9.86. The second kappa shape index (κ2) is 7.42. The first-order valence-corrected chi connectivity index (χ1v) is 11.1. The Labute approximate surface area is 140 Å². The van der Waals surface area contributed by atoms with Crippen LogP contribution in [0.4, 0.5) is 8.78 Å². The normalized spacial score (nSPS) is 22.5. The third-order valence-electron chi connectivity index (χ3n) is 3.91. The molecule has 1 aliphatic heterocycles. The zero-order valence-electron chi connectivity index (χ0n) is 13.1. The molecule has 1 aliphatic rings. The minimum absolute atomic E-state index is 0.321. The third kappa shape index (κ3) is 5.47. The standard InChI is InChI=1S/C14H20F2N2O4S2/c1-23(19,20)6-7-24(21,22)18-14-9-17-5-4-11(14)10-2-3-12(15)13(16)8-10/h2-3,8,11,14,17-18H,4-7,9H2,1H3. The number of sulfonamides is 1. The molecule has 2 atom stereocenters. The van der Waals surface area contributed by atoms with Crippen LogP contribution in [0.15, 0.2) is 18.2 Å². The molecule has 1 fully saturated rings. The Bertz CT molecular complexity index is 797. The van der Waals surface area contributed by atoms with Gasteiger partial charge in [-0.2, -0.15) is 0 Å². The summed E-state index contributed by atoms with van der Waals surface area (Å²) in [5.41, 5.74) is 0.506. The molecule has 2 rings (SSSR count). The summed E-state index contributed by atoms with van der Waals surface area (Å²) in [6, 6.07) is 2.96. The van der Waals surface area contributed by atoms with Crippen LogP contribution in [0.1, 0.15) is 17.9 Å². The molecule has 10 heteroatoms. The number of halogens is 2. The molecule has 0 amide bonds. The molecule has 2 unspecified atom stereocenters. The Kier molecular flexibility index (Phi) is 5.95. The summed E-state index contributed by atoms with van der Waals surface area (Å²) in [6.45, 7) is 0.937. The molecule has 1 aromatic rings. The van der Waals surface area contributed by atoms with E-state index >= 15 is 0 Å². The van der Waals surface area contributed by atoms with Crippen molar-refractivity contribution in [1.82, 2.24) is 10.0 Å². The van der Waals surface area contributed by atoms with Crippen molar-refractivity contribution in [2.24, 2.45) is 0 Å². The summed E-state index contributed by atoms with van der Waals surface area (Å²) in [4.78, 5) is 0. The lowest BCUT2D eigenvalue weighted by Gasteiger charge is -2.33. The van der Waals surface area contributed by atoms with Crippen LogP contribution < -0.4 is 10.0 Å². The first kappa shape index (κ1) is 19.2. The van der Waals surface area contributed by atoms with Crippen molar-refractivity contribution in [3.8, 4) is 0 Å². The van der Waals surface area contributed by atoms with Gasteiger partial charge in [-0.15, -0.1) is 0 Å². The predicted octanol–water partition coefficient (Wildman–Crippen LogP) is 0.374. The molecule has 1 aromatic carbocycles. The summed E-state index contributed by atoms with van der Waals surface area (Å²) >= 11 is 0. The molecule has 24 heavy (non-hydrogen) atoms. The highest BCUT2D eigenvalue weighted by atomic mass is 32.2. The molecule has 0 radical (unpaired) electrons. The maximum Gasteiger partial charge on any atom is 0.212 e. The van der Waals surface area contributed by atoms with Crippen molar-refractivity contribution in [2.75, 3.05) is 30.9 Å². The van der Waals surface area contributed by atoms with Gasteiger partial charge in [-0.1, -0.05) is 6.07 Å². The molecule has 0 aliphatic carbocycles. The minimum atomic E-state index is -3.81. The van der Waals surface area contributed by atoms with Crippen LogP contribution in [0.3, 0.4) is 0 Å². The van der Waals surface area contributed by atoms with Crippen molar-refractivity contribution in [3.63, 3.8) is 0 Å². The summed E-state index contributed by atoms with van der Waals surface area (Å²) in [7, 11) is -7.21. The van der Waals surface area contributed by atoms with Crippen molar-refractivity contribution in [1.29, 1.82) is 0 Å². The third-order valence-corrected chi connectivity index (χ3v) is 6.52. The Hall–Kier alpha value is -1.10. The summed E-state index contributed by atoms with van der Waals surface area (Å²) in [5, 5.41) is 3.04. The van der Waals surface area contributed by atoms with Crippen LogP contribution in [0.5, 0.6) is 0 Å². The lowest BCUT2D eigenvalue weighted by Crippen LogP contribution is -2.50. The Morgan fingerprint density at radius 2 is 1.88 bits per heavy atom. The number of piperidine rings is 1. The average molecular weight is 382 g/mol. The highest BCUT2D eigenvalue weighted by Gasteiger charge is 2.30. The Morgan fingerprint density at radius 3 is 2.50 bits per heavy atom. The Morgan fingerprint density at radius 1 is 1.17 bits per heavy atom. The number of sulfone groups is 1. The summed E-state index contributed by atoms with van der Waals surface area (Å²) in [6.07, 6.45) is 1.51. The van der Waals surface area contributed by atoms with Gasteiger partial charge in [0.1, 0.15) is 9.84 Å². The van der Waals surface area contributed by atoms with E-state index in [4.69, 9.17) is 0 Å². The highest BCUT2D eigenvalue weighted by Crippen LogP contribution is 2.27. The van der Waals surface area contributed by atoms with Gasteiger partial charge in [0.05, 0.1) is 11.5 Å². The van der Waals surface area contributed by atoms with Crippen molar-refractivity contribution < 1.29 is 25.6 Å². The maximum atomic E-state index is 13.5. The van der Waals surface area contributed by atoms with Crippen molar-refractivity contribution in [2.45, 2.75) is 18.4 Å². The molecule has 0 aromatic heterocycles. The lowest BCUT2D eigenvalue weighted by molar-refractivity contribution is 0.376. The van der Waals surface area contributed by atoms with Gasteiger partial charge in [0.25, 0.3) is 0 Å². The number of hydrogen-bond donors (Lipinski definition) is 2. The second-order valence-corrected chi connectivity index (χ2v) is 10.1. The number of hydrogen-bond acceptors (Lipinski definition) is 5. The van der Waals surface area contributed by atoms with Gasteiger partial charge in [-0.05, 0) is 30.7 Å². The topological polar surface area (TPSA) is 92.3 Å². The predicted molar refractivity (Wildman–Crippen MR) is 87.0 cm³/mol. The fourth-order valence-electron chi connectivity index (χ4n) is 2.68. The van der Waals surface area contributed by atoms with E-state index in [0.29, 0.717) is 25.1 Å². The van der Waals surface area contributed by atoms with Gasteiger partial charge in [0.2, 0.25) is 10.0 Å². The van der Waals surface area contributed by atoms with Crippen molar-refractivity contribution >= 4 is 19.9 Å². The summed E-state index contributed by atoms with van der Waals surface area (Å²) in [5.74, 6) is -3.28. The largest absolute Gasteiger partial charge is 0.315 e. The minimum Gasteiger partial charge on any atom is -0.315 e. The van der Waals surface area contributed by atoms with Crippen LogP contribution in [0, 0.1) is 11.6 Å². The van der Waals surface area contributed by atoms with Crippen molar-refractivity contribution in [3.05, 3.63) is 35.4 Å². The van der Waals surface area contributed by atoms with Crippen LogP contribution >= 0.6 is 0 Å². The van der Waals surface area contributed by atoms with Crippen LogP contribution in [0.25, 0.3) is 0 Å². The fraction of sp³-hybridized carbons (Fsp3) is 0.571.